The smallest absolute Gasteiger partial charge is 0.257 e. The lowest BCUT2D eigenvalue weighted by Crippen LogP contribution is -2.39. The molecule has 1 aromatic carbocycles. The summed E-state index contributed by atoms with van der Waals surface area (Å²) in [6.45, 7) is 1.15. The average molecular weight is 338 g/mol. The molecule has 0 bridgehead atoms. The number of aromatic nitrogens is 2. The molecule has 1 atom stereocenters. The van der Waals surface area contributed by atoms with Crippen LogP contribution in [0, 0.1) is 0 Å². The van der Waals surface area contributed by atoms with Crippen LogP contribution in [0.2, 0.25) is 5.02 Å². The van der Waals surface area contributed by atoms with Gasteiger partial charge in [0.05, 0.1) is 32.6 Å². The first-order chi connectivity index (χ1) is 11.2. The summed E-state index contributed by atoms with van der Waals surface area (Å²) in [5, 5.41) is 10.2. The van der Waals surface area contributed by atoms with Crippen LogP contribution in [-0.4, -0.2) is 49.1 Å². The van der Waals surface area contributed by atoms with Crippen LogP contribution in [0.4, 0.5) is 5.82 Å². The van der Waals surface area contributed by atoms with E-state index in [1.165, 1.54) is 0 Å². The molecule has 2 aromatic rings. The molecule has 1 amide bonds. The predicted molar refractivity (Wildman–Crippen MR) is 84.8 cm³/mol. The second kappa shape index (κ2) is 6.99. The third-order valence-corrected chi connectivity index (χ3v) is 3.62. The molecule has 1 fully saturated rings. The molecule has 0 saturated carbocycles. The molecular weight excluding hydrogens is 322 g/mol. The highest BCUT2D eigenvalue weighted by Crippen LogP contribution is 2.32. The monoisotopic (exact) mass is 337 g/mol. The molecule has 2 N–H and O–H groups in total. The summed E-state index contributed by atoms with van der Waals surface area (Å²) in [4.78, 5) is 12.1. The van der Waals surface area contributed by atoms with Crippen LogP contribution in [0.3, 0.4) is 0 Å². The number of ether oxygens (including phenoxy) is 3. The van der Waals surface area contributed by atoms with E-state index < -0.39 is 6.10 Å². The maximum Gasteiger partial charge on any atom is 0.257 e. The van der Waals surface area contributed by atoms with Crippen LogP contribution in [0.5, 0.6) is 5.75 Å². The fourth-order valence-electron chi connectivity index (χ4n) is 2.26. The summed E-state index contributed by atoms with van der Waals surface area (Å²) >= 11 is 6.03. The molecule has 0 spiro atoms. The molecule has 1 saturated heterocycles. The lowest BCUT2D eigenvalue weighted by molar-refractivity contribution is -0.142. The number of aromatic amines is 1. The first kappa shape index (κ1) is 15.8. The Kier molecular flexibility index (Phi) is 4.80. The van der Waals surface area contributed by atoms with Gasteiger partial charge in [-0.25, -0.2) is 0 Å². The summed E-state index contributed by atoms with van der Waals surface area (Å²) in [6.07, 6.45) is -0.621. The lowest BCUT2D eigenvalue weighted by Gasteiger charge is -2.21. The van der Waals surface area contributed by atoms with Crippen LogP contribution in [0.1, 0.15) is 0 Å². The zero-order chi connectivity index (χ0) is 16.2. The Morgan fingerprint density at radius 2 is 2.30 bits per heavy atom. The summed E-state index contributed by atoms with van der Waals surface area (Å²) in [5.41, 5.74) is 1.44. The van der Waals surface area contributed by atoms with Crippen LogP contribution in [0.15, 0.2) is 24.3 Å². The van der Waals surface area contributed by atoms with Gasteiger partial charge in [-0.2, -0.15) is 5.10 Å². The van der Waals surface area contributed by atoms with E-state index in [1.54, 1.807) is 31.4 Å². The van der Waals surface area contributed by atoms with E-state index in [0.29, 0.717) is 35.5 Å². The highest BCUT2D eigenvalue weighted by Gasteiger charge is 2.23. The molecule has 3 rings (SSSR count). The van der Waals surface area contributed by atoms with E-state index in [0.717, 1.165) is 5.56 Å². The topological polar surface area (TPSA) is 85.5 Å². The van der Waals surface area contributed by atoms with Gasteiger partial charge in [-0.05, 0) is 18.2 Å². The van der Waals surface area contributed by atoms with Crippen LogP contribution in [0.25, 0.3) is 11.3 Å². The van der Waals surface area contributed by atoms with Crippen LogP contribution < -0.4 is 10.1 Å². The van der Waals surface area contributed by atoms with Crippen molar-refractivity contribution in [3.63, 3.8) is 0 Å². The second-order valence-corrected chi connectivity index (χ2v) is 5.37. The van der Waals surface area contributed by atoms with Gasteiger partial charge in [0.25, 0.3) is 5.91 Å². The van der Waals surface area contributed by atoms with Crippen LogP contribution >= 0.6 is 11.6 Å². The molecule has 122 valence electrons. The van der Waals surface area contributed by atoms with Crippen molar-refractivity contribution in [1.29, 1.82) is 0 Å². The normalized spacial score (nSPS) is 17.7. The number of carbonyl (C=O) groups is 1. The van der Waals surface area contributed by atoms with Crippen molar-refractivity contribution >= 4 is 23.3 Å². The van der Waals surface area contributed by atoms with Gasteiger partial charge >= 0.3 is 0 Å². The van der Waals surface area contributed by atoms with E-state index in [-0.39, 0.29) is 12.5 Å². The largest absolute Gasteiger partial charge is 0.496 e. The number of nitrogens with zero attached hydrogens (tertiary/aromatic N) is 1. The molecule has 0 aliphatic carbocycles. The zero-order valence-electron chi connectivity index (χ0n) is 12.5. The first-order valence-electron chi connectivity index (χ1n) is 7.07. The number of carbonyl (C=O) groups excluding carboxylic acids is 1. The first-order valence-corrected chi connectivity index (χ1v) is 7.44. The van der Waals surface area contributed by atoms with Gasteiger partial charge in [-0.1, -0.05) is 11.6 Å². The molecule has 8 heteroatoms. The number of rotatable bonds is 4. The predicted octanol–water partition coefficient (Wildman–Crippen LogP) is 2.09. The fraction of sp³-hybridized carbons (Fsp3) is 0.333. The molecule has 0 radical (unpaired) electrons. The molecule has 1 aliphatic heterocycles. The van der Waals surface area contributed by atoms with Crippen molar-refractivity contribution in [2.75, 3.05) is 32.2 Å². The van der Waals surface area contributed by atoms with Crippen LogP contribution in [-0.2, 0) is 14.3 Å². The summed E-state index contributed by atoms with van der Waals surface area (Å²) in [7, 11) is 1.58. The van der Waals surface area contributed by atoms with Crippen molar-refractivity contribution in [3.05, 3.63) is 29.3 Å². The third kappa shape index (κ3) is 3.64. The number of nitrogens with one attached hydrogen (secondary N) is 2. The van der Waals surface area contributed by atoms with Gasteiger partial charge in [-0.15, -0.1) is 0 Å². The Balaban J connectivity index is 1.75. The minimum Gasteiger partial charge on any atom is -0.496 e. The van der Waals surface area contributed by atoms with E-state index in [1.807, 2.05) is 0 Å². The number of halogens is 1. The number of hydrogen-bond acceptors (Lipinski definition) is 5. The van der Waals surface area contributed by atoms with Crippen molar-refractivity contribution in [2.45, 2.75) is 6.10 Å². The molecule has 1 aliphatic rings. The number of methoxy groups -OCH3 is 1. The second-order valence-electron chi connectivity index (χ2n) is 4.94. The standard InChI is InChI=1S/C15H16ClN3O4/c1-21-12-3-2-9(16)6-10(12)11-7-14(19-18-11)17-15(20)13-8-22-4-5-23-13/h2-3,6-7,13H,4-5,8H2,1H3,(H2,17,18,19,20)/t13-/m0/s1. The highest BCUT2D eigenvalue weighted by molar-refractivity contribution is 6.31. The number of anilines is 1. The van der Waals surface area contributed by atoms with Gasteiger partial charge in [0.2, 0.25) is 0 Å². The molecule has 23 heavy (non-hydrogen) atoms. The molecule has 1 aromatic heterocycles. The Bertz CT molecular complexity index is 698. The van der Waals surface area contributed by atoms with Crippen molar-refractivity contribution in [2.24, 2.45) is 0 Å². The summed E-state index contributed by atoms with van der Waals surface area (Å²) in [6, 6.07) is 6.97. The Labute approximate surface area is 137 Å². The van der Waals surface area contributed by atoms with E-state index in [9.17, 15) is 4.79 Å². The average Bonchev–Trinajstić information content (AvgIpc) is 3.04. The minimum absolute atomic E-state index is 0.241. The Hall–Kier alpha value is -2.09. The summed E-state index contributed by atoms with van der Waals surface area (Å²) in [5.74, 6) is 0.752. The van der Waals surface area contributed by atoms with Crippen molar-refractivity contribution in [3.8, 4) is 17.0 Å². The Morgan fingerprint density at radius 1 is 1.43 bits per heavy atom. The number of H-pyrrole nitrogens is 1. The summed E-state index contributed by atoms with van der Waals surface area (Å²) < 4.78 is 15.9. The maximum absolute atomic E-state index is 12.1. The third-order valence-electron chi connectivity index (χ3n) is 3.39. The number of benzene rings is 1. The van der Waals surface area contributed by atoms with Gasteiger partial charge in [0.1, 0.15) is 5.75 Å². The van der Waals surface area contributed by atoms with Gasteiger partial charge in [0.15, 0.2) is 11.9 Å². The lowest BCUT2D eigenvalue weighted by atomic mass is 10.1. The van der Waals surface area contributed by atoms with Gasteiger partial charge in [0, 0.05) is 16.7 Å². The Morgan fingerprint density at radius 3 is 3.04 bits per heavy atom. The van der Waals surface area contributed by atoms with E-state index in [4.69, 9.17) is 25.8 Å². The highest BCUT2D eigenvalue weighted by atomic mass is 35.5. The number of amides is 1. The molecular formula is C15H16ClN3O4. The molecule has 7 nitrogen and oxygen atoms in total. The van der Waals surface area contributed by atoms with Crippen molar-refractivity contribution < 1.29 is 19.0 Å². The van der Waals surface area contributed by atoms with E-state index in [2.05, 4.69) is 15.5 Å². The molecule has 0 unspecified atom stereocenters. The zero-order valence-corrected chi connectivity index (χ0v) is 13.2. The number of hydrogen-bond donors (Lipinski definition) is 2. The minimum atomic E-state index is -0.621. The van der Waals surface area contributed by atoms with Crippen molar-refractivity contribution in [1.82, 2.24) is 10.2 Å². The quantitative estimate of drug-likeness (QED) is 0.892. The fourth-order valence-corrected chi connectivity index (χ4v) is 2.43. The molecule has 2 heterocycles. The van der Waals surface area contributed by atoms with Gasteiger partial charge < -0.3 is 19.5 Å². The SMILES string of the molecule is COc1ccc(Cl)cc1-c1cc(NC(=O)[C@@H]2COCCO2)n[nH]1. The van der Waals surface area contributed by atoms with E-state index >= 15 is 0 Å². The van der Waals surface area contributed by atoms with Gasteiger partial charge in [-0.3, -0.25) is 9.89 Å². The maximum atomic E-state index is 12.1.